The van der Waals surface area contributed by atoms with Crippen molar-refractivity contribution in [3.63, 3.8) is 0 Å². The molecule has 0 amide bonds. The van der Waals surface area contributed by atoms with Gasteiger partial charge < -0.3 is 5.11 Å². The maximum atomic E-state index is 12.7. The molecule has 0 aromatic heterocycles. The second-order valence-electron chi connectivity index (χ2n) is 5.21. The Balaban J connectivity index is 2.30. The molecular formula is C17H17F3O. The number of hydrogen-bond acceptors (Lipinski definition) is 1. The van der Waals surface area contributed by atoms with Crippen molar-refractivity contribution in [1.29, 1.82) is 0 Å². The Morgan fingerprint density at radius 1 is 1.00 bits per heavy atom. The molecule has 0 aliphatic heterocycles. The van der Waals surface area contributed by atoms with Crippen LogP contribution in [-0.4, -0.2) is 5.11 Å². The number of hydrogen-bond donors (Lipinski definition) is 1. The van der Waals surface area contributed by atoms with Crippen molar-refractivity contribution in [3.8, 4) is 0 Å². The average molecular weight is 294 g/mol. The lowest BCUT2D eigenvalue weighted by atomic mass is 9.88. The van der Waals surface area contributed by atoms with Gasteiger partial charge in [-0.3, -0.25) is 0 Å². The average Bonchev–Trinajstić information content (AvgIpc) is 2.45. The van der Waals surface area contributed by atoms with Crippen LogP contribution in [0.3, 0.4) is 0 Å². The van der Waals surface area contributed by atoms with Crippen LogP contribution < -0.4 is 0 Å². The summed E-state index contributed by atoms with van der Waals surface area (Å²) in [6, 6.07) is 12.9. The minimum atomic E-state index is -4.36. The highest BCUT2D eigenvalue weighted by Crippen LogP contribution is 2.35. The Hall–Kier alpha value is -1.81. The molecule has 0 spiro atoms. The summed E-state index contributed by atoms with van der Waals surface area (Å²) in [6.07, 6.45) is -5.20. The lowest BCUT2D eigenvalue weighted by Crippen LogP contribution is -2.11. The van der Waals surface area contributed by atoms with Crippen molar-refractivity contribution >= 4 is 0 Å². The van der Waals surface area contributed by atoms with Gasteiger partial charge >= 0.3 is 6.18 Å². The smallest absolute Gasteiger partial charge is 0.388 e. The standard InChI is InChI=1S/C17H17F3O/c1-11-10-14(17(18,19)20)8-9-15(11)16(21)12(2)13-6-4-3-5-7-13/h3-10,12,16,21H,1-2H3. The third-order valence-corrected chi connectivity index (χ3v) is 3.71. The quantitative estimate of drug-likeness (QED) is 0.858. The molecule has 21 heavy (non-hydrogen) atoms. The maximum Gasteiger partial charge on any atom is 0.416 e. The molecule has 0 saturated carbocycles. The monoisotopic (exact) mass is 294 g/mol. The van der Waals surface area contributed by atoms with Crippen molar-refractivity contribution in [2.24, 2.45) is 0 Å². The molecule has 2 rings (SSSR count). The van der Waals surface area contributed by atoms with Gasteiger partial charge in [0.1, 0.15) is 0 Å². The van der Waals surface area contributed by atoms with Gasteiger partial charge in [0.15, 0.2) is 0 Å². The number of aryl methyl sites for hydroxylation is 1. The summed E-state index contributed by atoms with van der Waals surface area (Å²) in [4.78, 5) is 0. The molecule has 4 heteroatoms. The summed E-state index contributed by atoms with van der Waals surface area (Å²) in [7, 11) is 0. The summed E-state index contributed by atoms with van der Waals surface area (Å²) < 4.78 is 38.0. The van der Waals surface area contributed by atoms with Crippen LogP contribution in [0.1, 0.15) is 41.2 Å². The highest BCUT2D eigenvalue weighted by Gasteiger charge is 2.31. The number of halogens is 3. The summed E-state index contributed by atoms with van der Waals surface area (Å²) in [5, 5.41) is 10.4. The van der Waals surface area contributed by atoms with Crippen LogP contribution in [-0.2, 0) is 6.18 Å². The van der Waals surface area contributed by atoms with Gasteiger partial charge in [-0.15, -0.1) is 0 Å². The molecular weight excluding hydrogens is 277 g/mol. The Bertz CT molecular complexity index is 605. The van der Waals surface area contributed by atoms with Gasteiger partial charge in [-0.1, -0.05) is 43.3 Å². The van der Waals surface area contributed by atoms with Gasteiger partial charge in [-0.25, -0.2) is 0 Å². The van der Waals surface area contributed by atoms with Gasteiger partial charge in [0, 0.05) is 5.92 Å². The first kappa shape index (κ1) is 15.6. The lowest BCUT2D eigenvalue weighted by molar-refractivity contribution is -0.137. The molecule has 0 saturated heterocycles. The topological polar surface area (TPSA) is 20.2 Å². The van der Waals surface area contributed by atoms with E-state index in [-0.39, 0.29) is 5.92 Å². The Morgan fingerprint density at radius 3 is 2.14 bits per heavy atom. The molecule has 2 atom stereocenters. The van der Waals surface area contributed by atoms with E-state index in [4.69, 9.17) is 0 Å². The zero-order chi connectivity index (χ0) is 15.6. The summed E-state index contributed by atoms with van der Waals surface area (Å²) in [6.45, 7) is 3.45. The van der Waals surface area contributed by atoms with E-state index >= 15 is 0 Å². The molecule has 2 unspecified atom stereocenters. The lowest BCUT2D eigenvalue weighted by Gasteiger charge is -2.22. The van der Waals surface area contributed by atoms with E-state index in [1.165, 1.54) is 6.07 Å². The predicted molar refractivity (Wildman–Crippen MR) is 76.0 cm³/mol. The second-order valence-corrected chi connectivity index (χ2v) is 5.21. The second kappa shape index (κ2) is 5.90. The maximum absolute atomic E-state index is 12.7. The molecule has 0 heterocycles. The third kappa shape index (κ3) is 3.45. The van der Waals surface area contributed by atoms with Crippen LogP contribution >= 0.6 is 0 Å². The molecule has 2 aromatic carbocycles. The van der Waals surface area contributed by atoms with E-state index in [1.807, 2.05) is 37.3 Å². The van der Waals surface area contributed by atoms with Gasteiger partial charge in [0.25, 0.3) is 0 Å². The van der Waals surface area contributed by atoms with Crippen molar-refractivity contribution in [1.82, 2.24) is 0 Å². The first-order chi connectivity index (χ1) is 9.80. The van der Waals surface area contributed by atoms with E-state index < -0.39 is 17.8 Å². The molecule has 1 N–H and O–H groups in total. The molecule has 112 valence electrons. The largest absolute Gasteiger partial charge is 0.416 e. The first-order valence-corrected chi connectivity index (χ1v) is 6.71. The van der Waals surface area contributed by atoms with E-state index in [1.54, 1.807) is 6.92 Å². The van der Waals surface area contributed by atoms with Crippen molar-refractivity contribution in [2.75, 3.05) is 0 Å². The Kier molecular flexibility index (Phi) is 4.37. The predicted octanol–water partition coefficient (Wildman–Crippen LogP) is 4.85. The zero-order valence-electron chi connectivity index (χ0n) is 11.9. The van der Waals surface area contributed by atoms with Crippen molar-refractivity contribution < 1.29 is 18.3 Å². The van der Waals surface area contributed by atoms with E-state index in [0.29, 0.717) is 11.1 Å². The Labute approximate surface area is 122 Å². The van der Waals surface area contributed by atoms with E-state index in [9.17, 15) is 18.3 Å². The highest BCUT2D eigenvalue weighted by molar-refractivity contribution is 5.36. The highest BCUT2D eigenvalue weighted by atomic mass is 19.4. The van der Waals surface area contributed by atoms with Gasteiger partial charge in [0.2, 0.25) is 0 Å². The van der Waals surface area contributed by atoms with Gasteiger partial charge in [0.05, 0.1) is 11.7 Å². The minimum absolute atomic E-state index is 0.193. The number of aliphatic hydroxyl groups is 1. The molecule has 0 aliphatic rings. The van der Waals surface area contributed by atoms with Crippen LogP contribution in [0.15, 0.2) is 48.5 Å². The molecule has 0 bridgehead atoms. The van der Waals surface area contributed by atoms with Crippen LogP contribution in [0.4, 0.5) is 13.2 Å². The SMILES string of the molecule is Cc1cc(C(F)(F)F)ccc1C(O)C(C)c1ccccc1. The normalized spacial score (nSPS) is 14.8. The van der Waals surface area contributed by atoms with Crippen LogP contribution in [0.2, 0.25) is 0 Å². The Morgan fingerprint density at radius 2 is 1.62 bits per heavy atom. The summed E-state index contributed by atoms with van der Waals surface area (Å²) in [5.74, 6) is -0.193. The fourth-order valence-corrected chi connectivity index (χ4v) is 2.39. The first-order valence-electron chi connectivity index (χ1n) is 6.71. The number of rotatable bonds is 3. The minimum Gasteiger partial charge on any atom is -0.388 e. The van der Waals surface area contributed by atoms with Crippen molar-refractivity contribution in [3.05, 3.63) is 70.8 Å². The van der Waals surface area contributed by atoms with E-state index in [2.05, 4.69) is 0 Å². The number of aliphatic hydroxyl groups excluding tert-OH is 1. The fourth-order valence-electron chi connectivity index (χ4n) is 2.39. The van der Waals surface area contributed by atoms with E-state index in [0.717, 1.165) is 17.7 Å². The molecule has 0 fully saturated rings. The van der Waals surface area contributed by atoms with Crippen LogP contribution in [0, 0.1) is 6.92 Å². The van der Waals surface area contributed by atoms with Gasteiger partial charge in [-0.05, 0) is 35.7 Å². The van der Waals surface area contributed by atoms with Crippen LogP contribution in [0.25, 0.3) is 0 Å². The molecule has 0 radical (unpaired) electrons. The van der Waals surface area contributed by atoms with Crippen molar-refractivity contribution in [2.45, 2.75) is 32.0 Å². The summed E-state index contributed by atoms with van der Waals surface area (Å²) in [5.41, 5.74) is 1.23. The molecule has 1 nitrogen and oxygen atoms in total. The molecule has 0 aliphatic carbocycles. The molecule has 2 aromatic rings. The third-order valence-electron chi connectivity index (χ3n) is 3.71. The summed E-state index contributed by atoms with van der Waals surface area (Å²) >= 11 is 0. The number of alkyl halides is 3. The number of benzene rings is 2. The fraction of sp³-hybridized carbons (Fsp3) is 0.294. The zero-order valence-corrected chi connectivity index (χ0v) is 11.9. The van der Waals surface area contributed by atoms with Crippen LogP contribution in [0.5, 0.6) is 0 Å². The van der Waals surface area contributed by atoms with Gasteiger partial charge in [-0.2, -0.15) is 13.2 Å².